The quantitative estimate of drug-likeness (QED) is 0.797. The third kappa shape index (κ3) is 5.19. The number of anilines is 1. The van der Waals surface area contributed by atoms with E-state index in [1.165, 1.54) is 24.3 Å². The van der Waals surface area contributed by atoms with Crippen LogP contribution in [0.15, 0.2) is 47.4 Å². The molecule has 5 nitrogen and oxygen atoms in total. The minimum absolute atomic E-state index is 0.151. The van der Waals surface area contributed by atoms with E-state index in [4.69, 9.17) is 23.2 Å². The zero-order valence-corrected chi connectivity index (χ0v) is 16.1. The summed E-state index contributed by atoms with van der Waals surface area (Å²) >= 11 is 11.8. The van der Waals surface area contributed by atoms with Crippen LogP contribution in [-0.4, -0.2) is 31.7 Å². The van der Waals surface area contributed by atoms with Gasteiger partial charge in [-0.05, 0) is 37.3 Å². The Morgan fingerprint density at radius 2 is 1.64 bits per heavy atom. The number of aryl methyl sites for hydroxylation is 1. The molecule has 0 spiro atoms. The summed E-state index contributed by atoms with van der Waals surface area (Å²) in [6, 6.07) is 11.1. The monoisotopic (exact) mass is 400 g/mol. The van der Waals surface area contributed by atoms with Crippen LogP contribution >= 0.6 is 23.2 Å². The Labute approximate surface area is 157 Å². The summed E-state index contributed by atoms with van der Waals surface area (Å²) < 4.78 is 26.5. The van der Waals surface area contributed by atoms with Crippen molar-refractivity contribution in [3.8, 4) is 0 Å². The van der Waals surface area contributed by atoms with Crippen molar-refractivity contribution in [3.05, 3.63) is 58.1 Å². The zero-order valence-electron chi connectivity index (χ0n) is 13.8. The summed E-state index contributed by atoms with van der Waals surface area (Å²) in [7, 11) is -3.75. The molecule has 0 heterocycles. The van der Waals surface area contributed by atoms with Gasteiger partial charge in [-0.25, -0.2) is 8.42 Å². The summed E-state index contributed by atoms with van der Waals surface area (Å²) in [6.07, 6.45) is 0. The fraction of sp³-hybridized carbons (Fsp3) is 0.235. The summed E-state index contributed by atoms with van der Waals surface area (Å²) in [5.74, 6) is -0.476. The van der Waals surface area contributed by atoms with Crippen molar-refractivity contribution in [1.29, 1.82) is 0 Å². The number of hydrogen-bond acceptors (Lipinski definition) is 3. The number of rotatable bonds is 6. The molecule has 0 saturated heterocycles. The van der Waals surface area contributed by atoms with Crippen LogP contribution in [0.1, 0.15) is 12.5 Å². The second-order valence-corrected chi connectivity index (χ2v) is 8.26. The number of likely N-dealkylation sites (N-methyl/N-ethyl adjacent to an activating group) is 1. The molecule has 1 amide bonds. The predicted octanol–water partition coefficient (Wildman–Crippen LogP) is 3.95. The fourth-order valence-electron chi connectivity index (χ4n) is 2.21. The van der Waals surface area contributed by atoms with E-state index in [0.29, 0.717) is 15.7 Å². The average Bonchev–Trinajstić information content (AvgIpc) is 2.51. The number of sulfonamides is 1. The van der Waals surface area contributed by atoms with Crippen molar-refractivity contribution in [2.24, 2.45) is 0 Å². The molecule has 0 fully saturated rings. The van der Waals surface area contributed by atoms with E-state index in [1.807, 2.05) is 6.92 Å². The molecule has 1 N–H and O–H groups in total. The average molecular weight is 401 g/mol. The van der Waals surface area contributed by atoms with Gasteiger partial charge in [0, 0.05) is 22.3 Å². The number of nitrogens with zero attached hydrogens (tertiary/aromatic N) is 1. The van der Waals surface area contributed by atoms with Crippen LogP contribution < -0.4 is 5.32 Å². The first kappa shape index (κ1) is 19.7. The van der Waals surface area contributed by atoms with Gasteiger partial charge in [0.05, 0.1) is 11.4 Å². The number of hydrogen-bond donors (Lipinski definition) is 1. The van der Waals surface area contributed by atoms with Gasteiger partial charge < -0.3 is 5.32 Å². The SMILES string of the molecule is CCN(CC(=O)Nc1cc(Cl)cc(Cl)c1)S(=O)(=O)c1ccc(C)cc1. The lowest BCUT2D eigenvalue weighted by atomic mass is 10.2. The molecule has 134 valence electrons. The van der Waals surface area contributed by atoms with E-state index in [2.05, 4.69) is 5.32 Å². The Balaban J connectivity index is 2.15. The number of benzene rings is 2. The van der Waals surface area contributed by atoms with Crippen LogP contribution in [0.2, 0.25) is 10.0 Å². The maximum absolute atomic E-state index is 12.7. The molecule has 0 aliphatic heterocycles. The highest BCUT2D eigenvalue weighted by Gasteiger charge is 2.25. The van der Waals surface area contributed by atoms with E-state index < -0.39 is 15.9 Å². The van der Waals surface area contributed by atoms with Crippen LogP contribution in [0, 0.1) is 6.92 Å². The van der Waals surface area contributed by atoms with E-state index >= 15 is 0 Å². The Morgan fingerprint density at radius 3 is 2.16 bits per heavy atom. The molecule has 0 atom stereocenters. The lowest BCUT2D eigenvalue weighted by Crippen LogP contribution is -2.37. The molecule has 25 heavy (non-hydrogen) atoms. The number of carbonyl (C=O) groups is 1. The third-order valence-corrected chi connectivity index (χ3v) is 5.85. The van der Waals surface area contributed by atoms with E-state index in [9.17, 15) is 13.2 Å². The molecule has 0 radical (unpaired) electrons. The zero-order chi connectivity index (χ0) is 18.6. The van der Waals surface area contributed by atoms with Gasteiger partial charge in [-0.2, -0.15) is 4.31 Å². The van der Waals surface area contributed by atoms with Gasteiger partial charge in [0.1, 0.15) is 0 Å². The van der Waals surface area contributed by atoms with Gasteiger partial charge in [-0.3, -0.25) is 4.79 Å². The smallest absolute Gasteiger partial charge is 0.243 e. The molecular formula is C17H18Cl2N2O3S. The van der Waals surface area contributed by atoms with Crippen molar-refractivity contribution in [2.45, 2.75) is 18.7 Å². The van der Waals surface area contributed by atoms with Gasteiger partial charge in [0.15, 0.2) is 0 Å². The second kappa shape index (κ2) is 8.19. The summed E-state index contributed by atoms with van der Waals surface area (Å²) in [6.45, 7) is 3.41. The molecule has 0 aliphatic carbocycles. The molecular weight excluding hydrogens is 383 g/mol. The predicted molar refractivity (Wildman–Crippen MR) is 101 cm³/mol. The van der Waals surface area contributed by atoms with Crippen LogP contribution in [0.25, 0.3) is 0 Å². The maximum atomic E-state index is 12.7. The number of halogens is 2. The normalized spacial score (nSPS) is 11.6. The first-order valence-electron chi connectivity index (χ1n) is 7.55. The van der Waals surface area contributed by atoms with Crippen molar-refractivity contribution in [3.63, 3.8) is 0 Å². The van der Waals surface area contributed by atoms with Gasteiger partial charge in [0.2, 0.25) is 15.9 Å². The first-order valence-corrected chi connectivity index (χ1v) is 9.74. The summed E-state index contributed by atoms with van der Waals surface area (Å²) in [5.41, 5.74) is 1.36. The van der Waals surface area contributed by atoms with E-state index in [0.717, 1.165) is 9.87 Å². The van der Waals surface area contributed by atoms with Gasteiger partial charge in [-0.1, -0.05) is 47.8 Å². The number of carbonyl (C=O) groups excluding carboxylic acids is 1. The van der Waals surface area contributed by atoms with Gasteiger partial charge in [0.25, 0.3) is 0 Å². The maximum Gasteiger partial charge on any atom is 0.243 e. The standard InChI is InChI=1S/C17H18Cl2N2O3S/c1-3-21(25(23,24)16-6-4-12(2)5-7-16)11-17(22)20-15-9-13(18)8-14(19)10-15/h4-10H,3,11H2,1-2H3,(H,20,22). The molecule has 2 aromatic rings. The second-order valence-electron chi connectivity index (χ2n) is 5.45. The van der Waals surface area contributed by atoms with Crippen molar-refractivity contribution in [2.75, 3.05) is 18.4 Å². The molecule has 0 aliphatic rings. The lowest BCUT2D eigenvalue weighted by Gasteiger charge is -2.20. The Hall–Kier alpha value is -1.60. The molecule has 0 saturated carbocycles. The fourth-order valence-corrected chi connectivity index (χ4v) is 4.14. The highest BCUT2D eigenvalue weighted by Crippen LogP contribution is 2.22. The van der Waals surface area contributed by atoms with Crippen LogP contribution in [0.5, 0.6) is 0 Å². The molecule has 2 rings (SSSR count). The molecule has 2 aromatic carbocycles. The van der Waals surface area contributed by atoms with Crippen molar-refractivity contribution in [1.82, 2.24) is 4.31 Å². The van der Waals surface area contributed by atoms with Crippen molar-refractivity contribution >= 4 is 44.8 Å². The summed E-state index contributed by atoms with van der Waals surface area (Å²) in [4.78, 5) is 12.4. The lowest BCUT2D eigenvalue weighted by molar-refractivity contribution is -0.116. The number of amides is 1. The van der Waals surface area contributed by atoms with Crippen LogP contribution in [0.4, 0.5) is 5.69 Å². The highest BCUT2D eigenvalue weighted by molar-refractivity contribution is 7.89. The van der Waals surface area contributed by atoms with Gasteiger partial charge >= 0.3 is 0 Å². The van der Waals surface area contributed by atoms with Crippen LogP contribution in [0.3, 0.4) is 0 Å². The van der Waals surface area contributed by atoms with Gasteiger partial charge in [-0.15, -0.1) is 0 Å². The Kier molecular flexibility index (Phi) is 6.46. The minimum atomic E-state index is -3.75. The molecule has 0 aromatic heterocycles. The molecule has 8 heteroatoms. The minimum Gasteiger partial charge on any atom is -0.325 e. The summed E-state index contributed by atoms with van der Waals surface area (Å²) in [5, 5.41) is 3.36. The number of nitrogens with one attached hydrogen (secondary N) is 1. The van der Waals surface area contributed by atoms with Crippen LogP contribution in [-0.2, 0) is 14.8 Å². The first-order chi connectivity index (χ1) is 11.7. The van der Waals surface area contributed by atoms with E-state index in [1.54, 1.807) is 25.1 Å². The Bertz CT molecular complexity index is 848. The van der Waals surface area contributed by atoms with Crippen molar-refractivity contribution < 1.29 is 13.2 Å². The van der Waals surface area contributed by atoms with E-state index in [-0.39, 0.29) is 18.0 Å². The largest absolute Gasteiger partial charge is 0.325 e. The molecule has 0 bridgehead atoms. The highest BCUT2D eigenvalue weighted by atomic mass is 35.5. The Morgan fingerprint density at radius 1 is 1.08 bits per heavy atom. The third-order valence-electron chi connectivity index (χ3n) is 3.48. The molecule has 0 unspecified atom stereocenters. The topological polar surface area (TPSA) is 66.5 Å².